The Bertz CT molecular complexity index is 536. The number of rotatable bonds is 2. The van der Waals surface area contributed by atoms with Crippen molar-refractivity contribution in [3.63, 3.8) is 0 Å². The van der Waals surface area contributed by atoms with Crippen molar-refractivity contribution < 1.29 is 0 Å². The highest BCUT2D eigenvalue weighted by molar-refractivity contribution is 5.42. The number of hydrogen-bond donors (Lipinski definition) is 0. The lowest BCUT2D eigenvalue weighted by molar-refractivity contribution is 0.274. The number of fused-ring (bicyclic) bond motifs is 1. The molecule has 0 spiro atoms. The van der Waals surface area contributed by atoms with Gasteiger partial charge in [-0.3, -0.25) is 4.79 Å². The first-order valence-electron chi connectivity index (χ1n) is 5.37. The molecule has 15 heavy (non-hydrogen) atoms. The van der Waals surface area contributed by atoms with Crippen molar-refractivity contribution in [3.05, 3.63) is 35.0 Å². The van der Waals surface area contributed by atoms with E-state index in [1.54, 1.807) is 21.3 Å². The smallest absolute Gasteiger partial charge is 0.276 e. The van der Waals surface area contributed by atoms with Crippen molar-refractivity contribution in [1.29, 1.82) is 0 Å². The van der Waals surface area contributed by atoms with E-state index in [4.69, 9.17) is 0 Å². The first-order chi connectivity index (χ1) is 7.34. The molecule has 0 radical (unpaired) electrons. The summed E-state index contributed by atoms with van der Waals surface area (Å²) in [5.41, 5.74) is 0.735. The van der Waals surface area contributed by atoms with E-state index in [1.165, 1.54) is 19.3 Å². The molecule has 3 rings (SSSR count). The van der Waals surface area contributed by atoms with Gasteiger partial charge < -0.3 is 4.57 Å². The van der Waals surface area contributed by atoms with E-state index >= 15 is 0 Å². The highest BCUT2D eigenvalue weighted by Gasteiger charge is 2.18. The second-order valence-electron chi connectivity index (χ2n) is 4.21. The van der Waals surface area contributed by atoms with Gasteiger partial charge in [0.1, 0.15) is 5.52 Å². The molecule has 0 aliphatic heterocycles. The summed E-state index contributed by atoms with van der Waals surface area (Å²) in [6, 6.07) is 1.76. The van der Waals surface area contributed by atoms with Crippen molar-refractivity contribution >= 4 is 5.52 Å². The monoisotopic (exact) mass is 203 g/mol. The van der Waals surface area contributed by atoms with Gasteiger partial charge in [0, 0.05) is 18.9 Å². The molecule has 2 heterocycles. The minimum atomic E-state index is 0.0712. The van der Waals surface area contributed by atoms with Crippen LogP contribution < -0.4 is 5.56 Å². The summed E-state index contributed by atoms with van der Waals surface area (Å²) < 4.78 is 3.43. The molecule has 1 saturated carbocycles. The number of nitrogens with zero attached hydrogens (tertiary/aromatic N) is 3. The Hall–Kier alpha value is -1.58. The molecule has 4 heteroatoms. The lowest BCUT2D eigenvalue weighted by Crippen LogP contribution is -2.27. The lowest BCUT2D eigenvalue weighted by Gasteiger charge is -2.25. The van der Waals surface area contributed by atoms with E-state index in [-0.39, 0.29) is 5.56 Å². The molecule has 0 amide bonds. The summed E-state index contributed by atoms with van der Waals surface area (Å²) >= 11 is 0. The SMILES string of the molecule is O=c1c2ccnn2ccn1CC1CCC1. The van der Waals surface area contributed by atoms with Gasteiger partial charge in [-0.25, -0.2) is 4.52 Å². The third-order valence-corrected chi connectivity index (χ3v) is 3.22. The number of hydrogen-bond acceptors (Lipinski definition) is 2. The molecule has 2 aromatic rings. The fourth-order valence-electron chi connectivity index (χ4n) is 2.06. The molecule has 0 atom stereocenters. The molecule has 2 aromatic heterocycles. The highest BCUT2D eigenvalue weighted by Crippen LogP contribution is 2.27. The second-order valence-corrected chi connectivity index (χ2v) is 4.21. The van der Waals surface area contributed by atoms with Crippen LogP contribution in [-0.4, -0.2) is 14.2 Å². The van der Waals surface area contributed by atoms with Crippen LogP contribution >= 0.6 is 0 Å². The Labute approximate surface area is 87.1 Å². The lowest BCUT2D eigenvalue weighted by atomic mass is 9.85. The quantitative estimate of drug-likeness (QED) is 0.738. The van der Waals surface area contributed by atoms with Crippen molar-refractivity contribution in [3.8, 4) is 0 Å². The van der Waals surface area contributed by atoms with Crippen LogP contribution in [0.1, 0.15) is 19.3 Å². The van der Waals surface area contributed by atoms with Gasteiger partial charge in [0.05, 0.1) is 6.20 Å². The Morgan fingerprint density at radius 1 is 1.40 bits per heavy atom. The van der Waals surface area contributed by atoms with E-state index in [9.17, 15) is 4.79 Å². The fourth-order valence-corrected chi connectivity index (χ4v) is 2.06. The zero-order valence-corrected chi connectivity index (χ0v) is 8.47. The van der Waals surface area contributed by atoms with Crippen molar-refractivity contribution in [2.75, 3.05) is 0 Å². The summed E-state index contributed by atoms with van der Waals surface area (Å²) in [7, 11) is 0. The molecule has 1 aliphatic carbocycles. The fraction of sp³-hybridized carbons (Fsp3) is 0.455. The summed E-state index contributed by atoms with van der Waals surface area (Å²) in [4.78, 5) is 12.0. The standard InChI is InChI=1S/C11H13N3O/c15-11-10-4-5-12-14(10)7-6-13(11)8-9-2-1-3-9/h4-7,9H,1-3,8H2. The summed E-state index contributed by atoms with van der Waals surface area (Å²) in [6.07, 6.45) is 9.17. The summed E-state index contributed by atoms with van der Waals surface area (Å²) in [6.45, 7) is 0.862. The molecule has 4 nitrogen and oxygen atoms in total. The molecule has 0 bridgehead atoms. The van der Waals surface area contributed by atoms with Gasteiger partial charge in [0.15, 0.2) is 0 Å². The molecule has 1 aliphatic rings. The molecule has 1 fully saturated rings. The maximum absolute atomic E-state index is 12.0. The van der Waals surface area contributed by atoms with Gasteiger partial charge in [-0.1, -0.05) is 6.42 Å². The van der Waals surface area contributed by atoms with Crippen LogP contribution in [0.4, 0.5) is 0 Å². The molecular formula is C11H13N3O. The Kier molecular flexibility index (Phi) is 1.87. The average Bonchev–Trinajstić information content (AvgIpc) is 2.62. The molecule has 78 valence electrons. The van der Waals surface area contributed by atoms with Gasteiger partial charge in [-0.15, -0.1) is 0 Å². The first kappa shape index (κ1) is 8.71. The van der Waals surface area contributed by atoms with E-state index in [0.29, 0.717) is 11.4 Å². The van der Waals surface area contributed by atoms with Crippen LogP contribution in [-0.2, 0) is 6.54 Å². The third-order valence-electron chi connectivity index (χ3n) is 3.22. The van der Waals surface area contributed by atoms with E-state index in [0.717, 1.165) is 6.54 Å². The van der Waals surface area contributed by atoms with Gasteiger partial charge in [-0.2, -0.15) is 5.10 Å². The van der Waals surface area contributed by atoms with Gasteiger partial charge in [0.2, 0.25) is 0 Å². The van der Waals surface area contributed by atoms with E-state index in [1.807, 2.05) is 12.4 Å². The first-order valence-corrected chi connectivity index (χ1v) is 5.37. The second kappa shape index (κ2) is 3.22. The van der Waals surface area contributed by atoms with Gasteiger partial charge in [0.25, 0.3) is 5.56 Å². The Morgan fingerprint density at radius 2 is 2.27 bits per heavy atom. The van der Waals surface area contributed by atoms with Gasteiger partial charge in [-0.05, 0) is 24.8 Å². The average molecular weight is 203 g/mol. The van der Waals surface area contributed by atoms with Crippen LogP contribution in [0.5, 0.6) is 0 Å². The molecule has 0 aromatic carbocycles. The molecular weight excluding hydrogens is 190 g/mol. The largest absolute Gasteiger partial charge is 0.312 e. The van der Waals surface area contributed by atoms with Crippen LogP contribution in [0.2, 0.25) is 0 Å². The maximum atomic E-state index is 12.0. The minimum Gasteiger partial charge on any atom is -0.312 e. The van der Waals surface area contributed by atoms with E-state index in [2.05, 4.69) is 5.10 Å². The van der Waals surface area contributed by atoms with Crippen LogP contribution in [0, 0.1) is 5.92 Å². The molecule has 0 saturated heterocycles. The normalized spacial score (nSPS) is 16.8. The highest BCUT2D eigenvalue weighted by atomic mass is 16.1. The number of aromatic nitrogens is 3. The van der Waals surface area contributed by atoms with Crippen LogP contribution in [0.3, 0.4) is 0 Å². The predicted octanol–water partition coefficient (Wildman–Crippen LogP) is 1.30. The van der Waals surface area contributed by atoms with Crippen molar-refractivity contribution in [2.24, 2.45) is 5.92 Å². The minimum absolute atomic E-state index is 0.0712. The van der Waals surface area contributed by atoms with Crippen LogP contribution in [0.25, 0.3) is 5.52 Å². The maximum Gasteiger partial charge on any atom is 0.276 e. The topological polar surface area (TPSA) is 39.3 Å². The van der Waals surface area contributed by atoms with Crippen molar-refractivity contribution in [2.45, 2.75) is 25.8 Å². The zero-order valence-electron chi connectivity index (χ0n) is 8.47. The van der Waals surface area contributed by atoms with Gasteiger partial charge >= 0.3 is 0 Å². The molecule has 0 N–H and O–H groups in total. The van der Waals surface area contributed by atoms with Crippen molar-refractivity contribution in [1.82, 2.24) is 14.2 Å². The third kappa shape index (κ3) is 1.37. The Balaban J connectivity index is 2.02. The summed E-state index contributed by atoms with van der Waals surface area (Å²) in [5.74, 6) is 0.702. The predicted molar refractivity (Wildman–Crippen MR) is 56.8 cm³/mol. The van der Waals surface area contributed by atoms with E-state index < -0.39 is 0 Å². The zero-order chi connectivity index (χ0) is 10.3. The molecule has 0 unspecified atom stereocenters. The summed E-state index contributed by atoms with van der Waals surface area (Å²) in [5, 5.41) is 4.04. The Morgan fingerprint density at radius 3 is 3.00 bits per heavy atom. The van der Waals surface area contributed by atoms with Crippen LogP contribution in [0.15, 0.2) is 29.5 Å².